The Bertz CT molecular complexity index is 282. The molecule has 13 heavy (non-hydrogen) atoms. The minimum atomic E-state index is -3.37. The monoisotopic (exact) mass is 204 g/mol. The summed E-state index contributed by atoms with van der Waals surface area (Å²) < 4.78 is 25.9. The van der Waals surface area contributed by atoms with Crippen LogP contribution in [0.2, 0.25) is 0 Å². The molecule has 0 aliphatic carbocycles. The van der Waals surface area contributed by atoms with Gasteiger partial charge in [0, 0.05) is 6.42 Å². The number of unbranched alkanes of at least 4 members (excludes halogenated alkanes) is 2. The van der Waals surface area contributed by atoms with Crippen LogP contribution >= 0.6 is 0 Å². The summed E-state index contributed by atoms with van der Waals surface area (Å²) in [6, 6.07) is 0. The molecule has 76 valence electrons. The second-order valence-corrected chi connectivity index (χ2v) is 4.47. The van der Waals surface area contributed by atoms with Crippen LogP contribution in [0.1, 0.15) is 33.1 Å². The van der Waals surface area contributed by atoms with Gasteiger partial charge in [-0.2, -0.15) is 8.42 Å². The zero-order valence-corrected chi connectivity index (χ0v) is 9.15. The summed E-state index contributed by atoms with van der Waals surface area (Å²) in [7, 11) is -3.37. The van der Waals surface area contributed by atoms with E-state index in [9.17, 15) is 8.42 Å². The quantitative estimate of drug-likeness (QED) is 0.396. The molecule has 0 N–H and O–H groups in total. The fraction of sp³-hybridized carbons (Fsp3) is 0.778. The predicted molar refractivity (Wildman–Crippen MR) is 52.7 cm³/mol. The number of rotatable bonds is 4. The van der Waals surface area contributed by atoms with Crippen molar-refractivity contribution in [1.82, 2.24) is 0 Å². The summed E-state index contributed by atoms with van der Waals surface area (Å²) in [6.45, 7) is 3.71. The van der Waals surface area contributed by atoms with Gasteiger partial charge in [0.1, 0.15) is 6.10 Å². The summed E-state index contributed by atoms with van der Waals surface area (Å²) in [5.74, 6) is 5.59. The maximum atomic E-state index is 10.6. The van der Waals surface area contributed by atoms with E-state index in [1.165, 1.54) is 0 Å². The topological polar surface area (TPSA) is 43.4 Å². The van der Waals surface area contributed by atoms with Gasteiger partial charge in [0.25, 0.3) is 10.1 Å². The fourth-order valence-corrected chi connectivity index (χ4v) is 1.34. The Morgan fingerprint density at radius 2 is 2.08 bits per heavy atom. The van der Waals surface area contributed by atoms with Crippen molar-refractivity contribution in [3.8, 4) is 11.8 Å². The highest BCUT2D eigenvalue weighted by atomic mass is 32.2. The molecule has 0 saturated carbocycles. The first-order valence-corrected chi connectivity index (χ1v) is 6.14. The molecule has 0 heterocycles. The molecule has 1 atom stereocenters. The summed E-state index contributed by atoms with van der Waals surface area (Å²) in [4.78, 5) is 0. The van der Waals surface area contributed by atoms with Crippen molar-refractivity contribution in [2.45, 2.75) is 39.2 Å². The lowest BCUT2D eigenvalue weighted by Crippen LogP contribution is -2.11. The lowest BCUT2D eigenvalue weighted by atomic mass is 10.2. The van der Waals surface area contributed by atoms with E-state index in [-0.39, 0.29) is 0 Å². The van der Waals surface area contributed by atoms with E-state index >= 15 is 0 Å². The van der Waals surface area contributed by atoms with Crippen LogP contribution in [-0.4, -0.2) is 20.8 Å². The van der Waals surface area contributed by atoms with Crippen LogP contribution in [-0.2, 0) is 14.3 Å². The first-order chi connectivity index (χ1) is 5.95. The van der Waals surface area contributed by atoms with Crippen LogP contribution in [0.15, 0.2) is 0 Å². The van der Waals surface area contributed by atoms with E-state index in [2.05, 4.69) is 22.9 Å². The highest BCUT2D eigenvalue weighted by Gasteiger charge is 2.05. The minimum Gasteiger partial charge on any atom is -0.254 e. The average Bonchev–Trinajstić information content (AvgIpc) is 1.94. The highest BCUT2D eigenvalue weighted by molar-refractivity contribution is 7.86. The highest BCUT2D eigenvalue weighted by Crippen LogP contribution is 1.96. The molecule has 0 rings (SSSR count). The van der Waals surface area contributed by atoms with Crippen LogP contribution in [0.25, 0.3) is 0 Å². The molecule has 0 bridgehead atoms. The summed E-state index contributed by atoms with van der Waals surface area (Å²) in [6.07, 6.45) is 3.42. The summed E-state index contributed by atoms with van der Waals surface area (Å²) >= 11 is 0. The van der Waals surface area contributed by atoms with Gasteiger partial charge < -0.3 is 0 Å². The molecule has 0 unspecified atom stereocenters. The van der Waals surface area contributed by atoms with Gasteiger partial charge >= 0.3 is 0 Å². The van der Waals surface area contributed by atoms with Gasteiger partial charge in [-0.05, 0) is 13.3 Å². The van der Waals surface area contributed by atoms with Gasteiger partial charge in [0.2, 0.25) is 0 Å². The third-order valence-electron chi connectivity index (χ3n) is 1.28. The third kappa shape index (κ3) is 9.38. The molecule has 0 amide bonds. The second kappa shape index (κ2) is 6.01. The molecule has 0 aromatic rings. The van der Waals surface area contributed by atoms with E-state index in [4.69, 9.17) is 0 Å². The SMILES string of the molecule is CCCCC#C[C@H](C)OS(C)(=O)=O. The van der Waals surface area contributed by atoms with Crippen molar-refractivity contribution in [2.75, 3.05) is 6.26 Å². The standard InChI is InChI=1S/C9H16O3S/c1-4-5-6-7-8-9(2)12-13(3,10)11/h9H,4-6H2,1-3H3/t9-/m0/s1. The van der Waals surface area contributed by atoms with E-state index in [0.29, 0.717) is 0 Å². The molecular formula is C9H16O3S. The smallest absolute Gasteiger partial charge is 0.254 e. The van der Waals surface area contributed by atoms with Crippen LogP contribution in [0.4, 0.5) is 0 Å². The van der Waals surface area contributed by atoms with Crippen LogP contribution in [0.5, 0.6) is 0 Å². The molecule has 3 nitrogen and oxygen atoms in total. The van der Waals surface area contributed by atoms with Gasteiger partial charge in [-0.15, -0.1) is 5.92 Å². The maximum absolute atomic E-state index is 10.6. The Kier molecular flexibility index (Phi) is 5.76. The van der Waals surface area contributed by atoms with Crippen molar-refractivity contribution in [3.63, 3.8) is 0 Å². The number of hydrogen-bond donors (Lipinski definition) is 0. The lowest BCUT2D eigenvalue weighted by Gasteiger charge is -2.01. The van der Waals surface area contributed by atoms with Gasteiger partial charge in [0.05, 0.1) is 6.26 Å². The van der Waals surface area contributed by atoms with Crippen LogP contribution < -0.4 is 0 Å². The Morgan fingerprint density at radius 3 is 2.54 bits per heavy atom. The predicted octanol–water partition coefficient (Wildman–Crippen LogP) is 1.54. The van der Waals surface area contributed by atoms with Crippen molar-refractivity contribution in [1.29, 1.82) is 0 Å². The van der Waals surface area contributed by atoms with E-state index in [1.54, 1.807) is 6.92 Å². The van der Waals surface area contributed by atoms with Gasteiger partial charge in [-0.3, -0.25) is 4.18 Å². The Morgan fingerprint density at radius 1 is 1.46 bits per heavy atom. The molecule has 0 aromatic heterocycles. The van der Waals surface area contributed by atoms with E-state index in [1.807, 2.05) is 0 Å². The molecule has 0 aromatic carbocycles. The zero-order valence-electron chi connectivity index (χ0n) is 8.33. The molecular weight excluding hydrogens is 188 g/mol. The fourth-order valence-electron chi connectivity index (χ4n) is 0.767. The van der Waals surface area contributed by atoms with Crippen molar-refractivity contribution in [2.24, 2.45) is 0 Å². The minimum absolute atomic E-state index is 0.535. The van der Waals surface area contributed by atoms with Gasteiger partial charge in [-0.25, -0.2) is 0 Å². The van der Waals surface area contributed by atoms with Crippen LogP contribution in [0, 0.1) is 11.8 Å². The molecule has 0 aliphatic heterocycles. The van der Waals surface area contributed by atoms with Crippen molar-refractivity contribution < 1.29 is 12.6 Å². The Hall–Kier alpha value is -0.530. The zero-order chi connectivity index (χ0) is 10.3. The van der Waals surface area contributed by atoms with Gasteiger partial charge in [0.15, 0.2) is 0 Å². The van der Waals surface area contributed by atoms with E-state index in [0.717, 1.165) is 25.5 Å². The molecule has 0 radical (unpaired) electrons. The molecule has 0 fully saturated rings. The summed E-state index contributed by atoms with van der Waals surface area (Å²) in [5.41, 5.74) is 0. The Balaban J connectivity index is 3.84. The van der Waals surface area contributed by atoms with Crippen molar-refractivity contribution >= 4 is 10.1 Å². The third-order valence-corrected chi connectivity index (χ3v) is 1.92. The first-order valence-electron chi connectivity index (χ1n) is 4.32. The maximum Gasteiger partial charge on any atom is 0.265 e. The molecule has 4 heteroatoms. The summed E-state index contributed by atoms with van der Waals surface area (Å²) in [5, 5.41) is 0. The average molecular weight is 204 g/mol. The number of hydrogen-bond acceptors (Lipinski definition) is 3. The van der Waals surface area contributed by atoms with Crippen molar-refractivity contribution in [3.05, 3.63) is 0 Å². The van der Waals surface area contributed by atoms with Crippen LogP contribution in [0.3, 0.4) is 0 Å². The van der Waals surface area contributed by atoms with Gasteiger partial charge in [-0.1, -0.05) is 19.3 Å². The molecule has 0 saturated heterocycles. The first kappa shape index (κ1) is 12.5. The second-order valence-electron chi connectivity index (χ2n) is 2.87. The lowest BCUT2D eigenvalue weighted by molar-refractivity contribution is 0.286. The largest absolute Gasteiger partial charge is 0.265 e. The molecule has 0 spiro atoms. The molecule has 0 aliphatic rings. The Labute approximate surface area is 80.6 Å². The van der Waals surface area contributed by atoms with E-state index < -0.39 is 16.2 Å². The normalized spacial score (nSPS) is 13.2.